The lowest BCUT2D eigenvalue weighted by Crippen LogP contribution is -2.52. The van der Waals surface area contributed by atoms with Gasteiger partial charge < -0.3 is 10.0 Å². The Morgan fingerprint density at radius 3 is 2.42 bits per heavy atom. The minimum absolute atomic E-state index is 0.0626. The molecule has 1 amide bonds. The van der Waals surface area contributed by atoms with Crippen molar-refractivity contribution in [1.82, 2.24) is 4.90 Å². The van der Waals surface area contributed by atoms with Crippen molar-refractivity contribution < 1.29 is 9.90 Å². The molecular weight excluding hydrogens is 238 g/mol. The van der Waals surface area contributed by atoms with E-state index in [4.69, 9.17) is 0 Å². The minimum atomic E-state index is -0.307. The zero-order valence-electron chi connectivity index (χ0n) is 11.2. The molecule has 1 aromatic rings. The molecule has 0 heterocycles. The van der Waals surface area contributed by atoms with E-state index in [0.717, 1.165) is 37.7 Å². The Hall–Kier alpha value is -1.35. The van der Waals surface area contributed by atoms with E-state index in [1.807, 2.05) is 23.1 Å². The van der Waals surface area contributed by atoms with Gasteiger partial charge >= 0.3 is 0 Å². The van der Waals surface area contributed by atoms with Crippen LogP contribution in [0.3, 0.4) is 0 Å². The van der Waals surface area contributed by atoms with Crippen LogP contribution in [0.25, 0.3) is 0 Å². The summed E-state index contributed by atoms with van der Waals surface area (Å²) in [4.78, 5) is 14.9. The number of hydrogen-bond donors (Lipinski definition) is 1. The van der Waals surface area contributed by atoms with Crippen LogP contribution in [0.2, 0.25) is 0 Å². The minimum Gasteiger partial charge on any atom is -0.395 e. The van der Waals surface area contributed by atoms with Crippen molar-refractivity contribution in [1.29, 1.82) is 0 Å². The van der Waals surface area contributed by atoms with Crippen LogP contribution in [0.5, 0.6) is 0 Å². The number of aliphatic hydroxyl groups is 1. The standard InChI is InChI=1S/C16H21NO2/c18-12-11-17(14-7-8-14)15(19)16(9-4-10-16)13-5-2-1-3-6-13/h1-3,5-6,14,18H,4,7-12H2. The lowest BCUT2D eigenvalue weighted by molar-refractivity contribution is -0.142. The molecule has 1 aromatic carbocycles. The van der Waals surface area contributed by atoms with Crippen LogP contribution in [-0.2, 0) is 10.2 Å². The van der Waals surface area contributed by atoms with Crippen molar-refractivity contribution >= 4 is 5.91 Å². The molecule has 0 spiro atoms. The summed E-state index contributed by atoms with van der Waals surface area (Å²) in [5.74, 6) is 0.238. The maximum Gasteiger partial charge on any atom is 0.233 e. The van der Waals surface area contributed by atoms with E-state index in [2.05, 4.69) is 12.1 Å². The van der Waals surface area contributed by atoms with E-state index in [1.54, 1.807) is 0 Å². The number of benzene rings is 1. The molecule has 3 rings (SSSR count). The quantitative estimate of drug-likeness (QED) is 0.879. The van der Waals surface area contributed by atoms with E-state index >= 15 is 0 Å². The van der Waals surface area contributed by atoms with E-state index < -0.39 is 0 Å². The summed E-state index contributed by atoms with van der Waals surface area (Å²) in [7, 11) is 0. The van der Waals surface area contributed by atoms with Crippen molar-refractivity contribution in [3.8, 4) is 0 Å². The molecule has 0 aliphatic heterocycles. The summed E-state index contributed by atoms with van der Waals surface area (Å²) in [5.41, 5.74) is 0.841. The average Bonchev–Trinajstić information content (AvgIpc) is 3.20. The molecule has 19 heavy (non-hydrogen) atoms. The van der Waals surface area contributed by atoms with Gasteiger partial charge in [0.1, 0.15) is 0 Å². The summed E-state index contributed by atoms with van der Waals surface area (Å²) >= 11 is 0. The molecule has 2 fully saturated rings. The van der Waals surface area contributed by atoms with Gasteiger partial charge in [0, 0.05) is 12.6 Å². The fraction of sp³-hybridized carbons (Fsp3) is 0.562. The number of rotatable bonds is 5. The van der Waals surface area contributed by atoms with Crippen LogP contribution >= 0.6 is 0 Å². The Morgan fingerprint density at radius 2 is 1.95 bits per heavy atom. The van der Waals surface area contributed by atoms with E-state index in [9.17, 15) is 9.90 Å². The van der Waals surface area contributed by atoms with Gasteiger partial charge in [-0.1, -0.05) is 36.8 Å². The van der Waals surface area contributed by atoms with E-state index in [1.165, 1.54) is 0 Å². The highest BCUT2D eigenvalue weighted by Gasteiger charge is 2.49. The Morgan fingerprint density at radius 1 is 1.26 bits per heavy atom. The van der Waals surface area contributed by atoms with Gasteiger partial charge in [0.05, 0.1) is 12.0 Å². The molecule has 2 saturated carbocycles. The molecule has 102 valence electrons. The molecule has 1 N–H and O–H groups in total. The van der Waals surface area contributed by atoms with Gasteiger partial charge in [-0.25, -0.2) is 0 Å². The van der Waals surface area contributed by atoms with Crippen molar-refractivity contribution in [3.63, 3.8) is 0 Å². The summed E-state index contributed by atoms with van der Waals surface area (Å²) < 4.78 is 0. The first-order valence-electron chi connectivity index (χ1n) is 7.25. The third-order valence-electron chi connectivity index (χ3n) is 4.53. The van der Waals surface area contributed by atoms with E-state index in [-0.39, 0.29) is 17.9 Å². The van der Waals surface area contributed by atoms with Crippen LogP contribution in [-0.4, -0.2) is 35.1 Å². The van der Waals surface area contributed by atoms with Crippen molar-refractivity contribution in [2.24, 2.45) is 0 Å². The van der Waals surface area contributed by atoms with Crippen LogP contribution in [0.4, 0.5) is 0 Å². The van der Waals surface area contributed by atoms with E-state index in [0.29, 0.717) is 12.6 Å². The molecule has 2 aliphatic rings. The maximum absolute atomic E-state index is 12.9. The highest BCUT2D eigenvalue weighted by Crippen LogP contribution is 2.46. The molecule has 0 unspecified atom stereocenters. The fourth-order valence-electron chi connectivity index (χ4n) is 3.13. The smallest absolute Gasteiger partial charge is 0.233 e. The molecule has 0 bridgehead atoms. The summed E-state index contributed by atoms with van der Waals surface area (Å²) in [6.45, 7) is 0.547. The summed E-state index contributed by atoms with van der Waals surface area (Å²) in [6, 6.07) is 10.5. The Bertz CT molecular complexity index is 449. The second-order valence-corrected chi connectivity index (χ2v) is 5.76. The predicted molar refractivity (Wildman–Crippen MR) is 73.8 cm³/mol. The van der Waals surface area contributed by atoms with Crippen LogP contribution in [0, 0.1) is 0 Å². The van der Waals surface area contributed by atoms with Crippen molar-refractivity contribution in [2.45, 2.75) is 43.6 Å². The summed E-state index contributed by atoms with van der Waals surface area (Å²) in [5, 5.41) is 9.20. The molecule has 0 saturated heterocycles. The highest BCUT2D eigenvalue weighted by atomic mass is 16.3. The Labute approximate surface area is 114 Å². The molecule has 2 aliphatic carbocycles. The zero-order valence-corrected chi connectivity index (χ0v) is 11.2. The first-order chi connectivity index (χ1) is 9.28. The second-order valence-electron chi connectivity index (χ2n) is 5.76. The molecule has 3 heteroatoms. The molecule has 0 radical (unpaired) electrons. The number of carbonyl (C=O) groups is 1. The SMILES string of the molecule is O=C(N(CCO)C1CC1)C1(c2ccccc2)CCC1. The number of aliphatic hydroxyl groups excluding tert-OH is 1. The van der Waals surface area contributed by atoms with Crippen LogP contribution in [0.15, 0.2) is 30.3 Å². The molecule has 3 nitrogen and oxygen atoms in total. The van der Waals surface area contributed by atoms with Gasteiger partial charge in [-0.2, -0.15) is 0 Å². The Kier molecular flexibility index (Phi) is 3.31. The average molecular weight is 259 g/mol. The first-order valence-corrected chi connectivity index (χ1v) is 7.25. The summed E-state index contributed by atoms with van der Waals surface area (Å²) in [6.07, 6.45) is 5.21. The maximum atomic E-state index is 12.9. The second kappa shape index (κ2) is 4.97. The molecule has 0 aromatic heterocycles. The van der Waals surface area contributed by atoms with Gasteiger partial charge in [0.15, 0.2) is 0 Å². The lowest BCUT2D eigenvalue weighted by atomic mass is 9.63. The lowest BCUT2D eigenvalue weighted by Gasteiger charge is -2.44. The normalized spacial score (nSPS) is 20.7. The largest absolute Gasteiger partial charge is 0.395 e. The van der Waals surface area contributed by atoms with Crippen molar-refractivity contribution in [3.05, 3.63) is 35.9 Å². The van der Waals surface area contributed by atoms with Gasteiger partial charge in [-0.3, -0.25) is 4.79 Å². The third kappa shape index (κ3) is 2.16. The van der Waals surface area contributed by atoms with Gasteiger partial charge in [-0.05, 0) is 31.2 Å². The van der Waals surface area contributed by atoms with Crippen molar-refractivity contribution in [2.75, 3.05) is 13.2 Å². The van der Waals surface area contributed by atoms with Gasteiger partial charge in [0.2, 0.25) is 5.91 Å². The number of hydrogen-bond acceptors (Lipinski definition) is 2. The van der Waals surface area contributed by atoms with Crippen LogP contribution < -0.4 is 0 Å². The van der Waals surface area contributed by atoms with Gasteiger partial charge in [-0.15, -0.1) is 0 Å². The first kappa shape index (κ1) is 12.7. The molecule has 0 atom stereocenters. The Balaban J connectivity index is 1.87. The topological polar surface area (TPSA) is 40.5 Å². The number of carbonyl (C=O) groups excluding carboxylic acids is 1. The van der Waals surface area contributed by atoms with Crippen LogP contribution in [0.1, 0.15) is 37.7 Å². The molecular formula is C16H21NO2. The highest BCUT2D eigenvalue weighted by molar-refractivity contribution is 5.89. The number of amides is 1. The monoisotopic (exact) mass is 259 g/mol. The third-order valence-corrected chi connectivity index (χ3v) is 4.53. The zero-order chi connectivity index (χ0) is 13.3. The fourth-order valence-corrected chi connectivity index (χ4v) is 3.13. The predicted octanol–water partition coefficient (Wildman–Crippen LogP) is 2.09. The van der Waals surface area contributed by atoms with Gasteiger partial charge in [0.25, 0.3) is 0 Å². The number of nitrogens with zero attached hydrogens (tertiary/aromatic N) is 1.